The first kappa shape index (κ1) is 10.3. The van der Waals surface area contributed by atoms with E-state index in [-0.39, 0.29) is 5.41 Å². The molecular weight excluding hydrogens is 208 g/mol. The fraction of sp³-hybridized carbons (Fsp3) is 0.417. The van der Waals surface area contributed by atoms with Crippen molar-refractivity contribution >= 4 is 17.7 Å². The van der Waals surface area contributed by atoms with E-state index in [9.17, 15) is 0 Å². The van der Waals surface area contributed by atoms with Crippen molar-refractivity contribution in [2.45, 2.75) is 31.6 Å². The molecule has 1 saturated carbocycles. The van der Waals surface area contributed by atoms with Crippen LogP contribution in [-0.2, 0) is 5.41 Å². The van der Waals surface area contributed by atoms with Gasteiger partial charge in [0.25, 0.3) is 0 Å². The van der Waals surface area contributed by atoms with Crippen LogP contribution < -0.4 is 0 Å². The fourth-order valence-corrected chi connectivity index (χ4v) is 2.33. The number of hydrogen-bond donors (Lipinski definition) is 1. The molecule has 1 aliphatic carbocycles. The number of halogens is 1. The normalized spacial score (nSPS) is 17.1. The van der Waals surface area contributed by atoms with Gasteiger partial charge in [0.1, 0.15) is 6.07 Å². The van der Waals surface area contributed by atoms with Crippen LogP contribution in [0.1, 0.15) is 43.1 Å². The van der Waals surface area contributed by atoms with E-state index in [1.54, 1.807) is 6.08 Å². The van der Waals surface area contributed by atoms with Gasteiger partial charge in [-0.2, -0.15) is 5.26 Å². The first-order valence-corrected chi connectivity index (χ1v) is 5.51. The molecule has 0 spiro atoms. The number of H-pyrrole nitrogens is 1. The molecule has 2 nitrogen and oxygen atoms in total. The van der Waals surface area contributed by atoms with Gasteiger partial charge in [0.2, 0.25) is 0 Å². The van der Waals surface area contributed by atoms with Crippen LogP contribution in [0.3, 0.4) is 0 Å². The maximum atomic E-state index is 9.11. The Morgan fingerprint density at radius 1 is 1.67 bits per heavy atom. The van der Waals surface area contributed by atoms with Gasteiger partial charge < -0.3 is 4.98 Å². The number of nitrogens with zero attached hydrogens (tertiary/aromatic N) is 1. The Morgan fingerprint density at radius 3 is 2.73 bits per heavy atom. The van der Waals surface area contributed by atoms with E-state index < -0.39 is 0 Å². The number of nitriles is 1. The quantitative estimate of drug-likeness (QED) is 0.830. The van der Waals surface area contributed by atoms with E-state index in [1.807, 2.05) is 0 Å². The summed E-state index contributed by atoms with van der Waals surface area (Å²) in [6.07, 6.45) is 5.00. The highest BCUT2D eigenvalue weighted by atomic mass is 35.5. The Morgan fingerprint density at radius 2 is 2.33 bits per heavy atom. The zero-order valence-corrected chi connectivity index (χ0v) is 9.49. The molecule has 0 bridgehead atoms. The van der Waals surface area contributed by atoms with E-state index >= 15 is 0 Å². The molecule has 0 atom stereocenters. The van der Waals surface area contributed by atoms with Gasteiger partial charge in [-0.3, -0.25) is 0 Å². The minimum Gasteiger partial charge on any atom is -0.356 e. The largest absolute Gasteiger partial charge is 0.356 e. The summed E-state index contributed by atoms with van der Waals surface area (Å²) in [6, 6.07) is 2.19. The van der Waals surface area contributed by atoms with E-state index in [1.165, 1.54) is 0 Å². The van der Waals surface area contributed by atoms with Gasteiger partial charge in [-0.05, 0) is 25.3 Å². The molecule has 0 aromatic carbocycles. The van der Waals surface area contributed by atoms with Gasteiger partial charge >= 0.3 is 0 Å². The van der Waals surface area contributed by atoms with Crippen LogP contribution >= 0.6 is 11.6 Å². The van der Waals surface area contributed by atoms with Crippen LogP contribution in [0.5, 0.6) is 0 Å². The lowest BCUT2D eigenvalue weighted by atomic mass is 9.96. The maximum Gasteiger partial charge on any atom is 0.103 e. The average molecular weight is 221 g/mol. The summed E-state index contributed by atoms with van der Waals surface area (Å²) in [5.41, 5.74) is 2.55. The molecule has 1 fully saturated rings. The molecule has 1 aromatic heterocycles. The third-order valence-corrected chi connectivity index (χ3v) is 3.73. The van der Waals surface area contributed by atoms with Crippen molar-refractivity contribution in [2.75, 3.05) is 0 Å². The summed E-state index contributed by atoms with van der Waals surface area (Å²) >= 11 is 6.10. The summed E-state index contributed by atoms with van der Waals surface area (Å²) in [6.45, 7) is 5.83. The standard InChI is InChI=1S/C12H13ClN2/c1-3-9-10(13)8(7-14)11(15-9)12(4-2)5-6-12/h3,15H,1,4-6H2,2H3. The Kier molecular flexibility index (Phi) is 2.36. The van der Waals surface area contributed by atoms with Crippen LogP contribution in [0.4, 0.5) is 0 Å². The minimum absolute atomic E-state index is 0.177. The third-order valence-electron chi connectivity index (χ3n) is 3.34. The molecule has 1 aliphatic rings. The molecule has 0 unspecified atom stereocenters. The highest BCUT2D eigenvalue weighted by Gasteiger charge is 2.45. The molecule has 0 amide bonds. The Labute approximate surface area is 94.6 Å². The predicted molar refractivity (Wildman–Crippen MR) is 61.8 cm³/mol. The Bertz CT molecular complexity index is 447. The zero-order valence-electron chi connectivity index (χ0n) is 8.73. The van der Waals surface area contributed by atoms with Crippen molar-refractivity contribution < 1.29 is 0 Å². The molecule has 1 aromatic rings. The lowest BCUT2D eigenvalue weighted by Crippen LogP contribution is -2.06. The molecule has 0 aliphatic heterocycles. The summed E-state index contributed by atoms with van der Waals surface area (Å²) in [5, 5.41) is 9.62. The molecule has 0 radical (unpaired) electrons. The van der Waals surface area contributed by atoms with Crippen molar-refractivity contribution in [3.63, 3.8) is 0 Å². The Balaban J connectivity index is 2.57. The van der Waals surface area contributed by atoms with Crippen LogP contribution in [0.2, 0.25) is 5.02 Å². The highest BCUT2D eigenvalue weighted by Crippen LogP contribution is 2.52. The monoisotopic (exact) mass is 220 g/mol. The minimum atomic E-state index is 0.177. The molecule has 0 saturated heterocycles. The zero-order chi connectivity index (χ0) is 11.1. The first-order chi connectivity index (χ1) is 7.18. The van der Waals surface area contributed by atoms with Crippen molar-refractivity contribution in [1.82, 2.24) is 4.98 Å². The van der Waals surface area contributed by atoms with E-state index in [2.05, 4.69) is 24.6 Å². The number of aromatic amines is 1. The van der Waals surface area contributed by atoms with Crippen molar-refractivity contribution in [2.24, 2.45) is 0 Å². The van der Waals surface area contributed by atoms with Crippen molar-refractivity contribution in [3.05, 3.63) is 28.6 Å². The van der Waals surface area contributed by atoms with E-state index in [0.717, 1.165) is 30.7 Å². The predicted octanol–water partition coefficient (Wildman–Crippen LogP) is 3.62. The third kappa shape index (κ3) is 1.39. The van der Waals surface area contributed by atoms with Gasteiger partial charge in [0.15, 0.2) is 0 Å². The second-order valence-corrected chi connectivity index (χ2v) is 4.43. The summed E-state index contributed by atoms with van der Waals surface area (Å²) in [5.74, 6) is 0. The number of aromatic nitrogens is 1. The highest BCUT2D eigenvalue weighted by molar-refractivity contribution is 6.33. The van der Waals surface area contributed by atoms with Gasteiger partial charge in [-0.1, -0.05) is 25.1 Å². The van der Waals surface area contributed by atoms with Crippen LogP contribution in [-0.4, -0.2) is 4.98 Å². The van der Waals surface area contributed by atoms with Gasteiger partial charge in [0.05, 0.1) is 16.3 Å². The average Bonchev–Trinajstić information content (AvgIpc) is 2.98. The van der Waals surface area contributed by atoms with E-state index in [4.69, 9.17) is 16.9 Å². The van der Waals surface area contributed by atoms with Gasteiger partial charge in [-0.15, -0.1) is 0 Å². The first-order valence-electron chi connectivity index (χ1n) is 5.13. The molecule has 3 heteroatoms. The Hall–Kier alpha value is -1.20. The van der Waals surface area contributed by atoms with Gasteiger partial charge in [0, 0.05) is 11.1 Å². The molecule has 2 rings (SSSR count). The molecule has 78 valence electrons. The molecule has 1 N–H and O–H groups in total. The lowest BCUT2D eigenvalue weighted by Gasteiger charge is -2.10. The van der Waals surface area contributed by atoms with Crippen molar-refractivity contribution in [3.8, 4) is 6.07 Å². The van der Waals surface area contributed by atoms with Crippen LogP contribution in [0, 0.1) is 11.3 Å². The molecule has 15 heavy (non-hydrogen) atoms. The maximum absolute atomic E-state index is 9.11. The van der Waals surface area contributed by atoms with Crippen molar-refractivity contribution in [1.29, 1.82) is 5.26 Å². The topological polar surface area (TPSA) is 39.6 Å². The second-order valence-electron chi connectivity index (χ2n) is 4.05. The molecular formula is C12H13ClN2. The fourth-order valence-electron chi connectivity index (χ4n) is 2.07. The van der Waals surface area contributed by atoms with Gasteiger partial charge in [-0.25, -0.2) is 0 Å². The number of rotatable bonds is 3. The smallest absolute Gasteiger partial charge is 0.103 e. The summed E-state index contributed by atoms with van der Waals surface area (Å²) in [7, 11) is 0. The summed E-state index contributed by atoms with van der Waals surface area (Å²) in [4.78, 5) is 3.23. The number of hydrogen-bond acceptors (Lipinski definition) is 1. The second kappa shape index (κ2) is 3.43. The SMILES string of the molecule is C=Cc1[nH]c(C2(CC)CC2)c(C#N)c1Cl. The van der Waals surface area contributed by atoms with Crippen LogP contribution in [0.25, 0.3) is 6.08 Å². The lowest BCUT2D eigenvalue weighted by molar-refractivity contribution is 0.643. The summed E-state index contributed by atoms with van der Waals surface area (Å²) < 4.78 is 0. The number of nitrogens with one attached hydrogen (secondary N) is 1. The molecule has 1 heterocycles. The van der Waals surface area contributed by atoms with Crippen LogP contribution in [0.15, 0.2) is 6.58 Å². The van der Waals surface area contributed by atoms with E-state index in [0.29, 0.717) is 10.6 Å².